The Hall–Kier alpha value is -3.09. The van der Waals surface area contributed by atoms with Gasteiger partial charge < -0.3 is 14.2 Å². The average Bonchev–Trinajstić information content (AvgIpc) is 2.85. The third-order valence-corrected chi connectivity index (χ3v) is 5.81. The van der Waals surface area contributed by atoms with Crippen LogP contribution in [-0.4, -0.2) is 26.6 Å². The Kier molecular flexibility index (Phi) is 7.16. The van der Waals surface area contributed by atoms with Gasteiger partial charge in [-0.05, 0) is 46.9 Å². The van der Waals surface area contributed by atoms with E-state index in [0.29, 0.717) is 29.9 Å². The van der Waals surface area contributed by atoms with E-state index in [9.17, 15) is 13.2 Å². The van der Waals surface area contributed by atoms with Gasteiger partial charge in [-0.2, -0.15) is 4.39 Å². The molecule has 172 valence electrons. The summed E-state index contributed by atoms with van der Waals surface area (Å²) in [6.07, 6.45) is 3.08. The van der Waals surface area contributed by atoms with E-state index in [1.165, 1.54) is 25.3 Å². The maximum Gasteiger partial charge on any atom is 0.201 e. The largest absolute Gasteiger partial charge is 0.494 e. The summed E-state index contributed by atoms with van der Waals surface area (Å²) < 4.78 is 59.5. The summed E-state index contributed by atoms with van der Waals surface area (Å²) >= 11 is 0. The van der Waals surface area contributed by atoms with Crippen LogP contribution in [0.3, 0.4) is 0 Å². The standard InChI is InChI=1S/C27H25F3O3/c1-3-4-5-25-32-15-20(16-33-25)21-11-10-19(14-23(21)28)17-6-8-18(9-7-17)22-12-13-24(31-2)27(30)26(22)29/h3,6-14,20,25H,1,4-5,15-16H2,2H3. The van der Waals surface area contributed by atoms with E-state index in [1.807, 2.05) is 12.1 Å². The zero-order valence-electron chi connectivity index (χ0n) is 18.3. The summed E-state index contributed by atoms with van der Waals surface area (Å²) in [5.41, 5.74) is 2.64. The molecular formula is C27H25F3O3. The molecular weight excluding hydrogens is 429 g/mol. The Balaban J connectivity index is 1.49. The quantitative estimate of drug-likeness (QED) is 0.365. The first-order chi connectivity index (χ1) is 16.0. The molecule has 0 unspecified atom stereocenters. The van der Waals surface area contributed by atoms with Gasteiger partial charge in [0.15, 0.2) is 17.9 Å². The molecule has 0 aliphatic carbocycles. The molecule has 1 aliphatic rings. The van der Waals surface area contributed by atoms with E-state index >= 15 is 0 Å². The second-order valence-corrected chi connectivity index (χ2v) is 7.92. The number of halogens is 3. The van der Waals surface area contributed by atoms with Gasteiger partial charge in [-0.1, -0.05) is 42.5 Å². The first-order valence-electron chi connectivity index (χ1n) is 10.8. The van der Waals surface area contributed by atoms with Gasteiger partial charge in [0.1, 0.15) is 5.82 Å². The van der Waals surface area contributed by atoms with E-state index in [2.05, 4.69) is 6.58 Å². The van der Waals surface area contributed by atoms with Gasteiger partial charge in [-0.3, -0.25) is 0 Å². The molecule has 0 saturated carbocycles. The third kappa shape index (κ3) is 4.97. The molecule has 1 fully saturated rings. The molecule has 33 heavy (non-hydrogen) atoms. The van der Waals surface area contributed by atoms with Gasteiger partial charge in [-0.15, -0.1) is 6.58 Å². The van der Waals surface area contributed by atoms with Crippen LogP contribution in [0.15, 0.2) is 67.3 Å². The summed E-state index contributed by atoms with van der Waals surface area (Å²) in [7, 11) is 1.28. The molecule has 0 N–H and O–H groups in total. The molecule has 0 spiro atoms. The van der Waals surface area contributed by atoms with Crippen LogP contribution in [0, 0.1) is 17.5 Å². The molecule has 1 saturated heterocycles. The Morgan fingerprint density at radius 3 is 2.21 bits per heavy atom. The lowest BCUT2D eigenvalue weighted by Gasteiger charge is -2.29. The number of rotatable bonds is 7. The summed E-state index contributed by atoms with van der Waals surface area (Å²) in [6.45, 7) is 4.49. The van der Waals surface area contributed by atoms with Gasteiger partial charge in [-0.25, -0.2) is 8.78 Å². The zero-order valence-corrected chi connectivity index (χ0v) is 18.3. The molecule has 1 heterocycles. The third-order valence-electron chi connectivity index (χ3n) is 5.81. The molecule has 0 aromatic heterocycles. The predicted octanol–water partition coefficient (Wildman–Crippen LogP) is 6.87. The van der Waals surface area contributed by atoms with Crippen LogP contribution in [0.2, 0.25) is 0 Å². The van der Waals surface area contributed by atoms with Crippen molar-refractivity contribution in [2.75, 3.05) is 20.3 Å². The zero-order chi connectivity index (χ0) is 23.4. The smallest absolute Gasteiger partial charge is 0.201 e. The van der Waals surface area contributed by atoms with Crippen molar-refractivity contribution in [3.63, 3.8) is 0 Å². The van der Waals surface area contributed by atoms with Crippen LogP contribution in [0.25, 0.3) is 22.3 Å². The van der Waals surface area contributed by atoms with Crippen molar-refractivity contribution in [3.8, 4) is 28.0 Å². The molecule has 0 radical (unpaired) electrons. The number of methoxy groups -OCH3 is 1. The fourth-order valence-corrected chi connectivity index (χ4v) is 3.94. The molecule has 3 aromatic rings. The first kappa shape index (κ1) is 23.1. The molecule has 4 rings (SSSR count). The molecule has 0 atom stereocenters. The van der Waals surface area contributed by atoms with E-state index in [1.54, 1.807) is 30.3 Å². The average molecular weight is 454 g/mol. The number of ether oxygens (including phenoxy) is 3. The fraction of sp³-hybridized carbons (Fsp3) is 0.259. The number of hydrogen-bond acceptors (Lipinski definition) is 3. The van der Waals surface area contributed by atoms with Crippen molar-refractivity contribution >= 4 is 0 Å². The molecule has 3 aromatic carbocycles. The summed E-state index contributed by atoms with van der Waals surface area (Å²) in [5.74, 6) is -2.65. The van der Waals surface area contributed by atoms with Gasteiger partial charge in [0.25, 0.3) is 0 Å². The molecule has 0 amide bonds. The highest BCUT2D eigenvalue weighted by atomic mass is 19.2. The lowest BCUT2D eigenvalue weighted by atomic mass is 9.95. The number of allylic oxidation sites excluding steroid dienone is 1. The van der Waals surface area contributed by atoms with Crippen LogP contribution in [0.5, 0.6) is 5.75 Å². The normalized spacial score (nSPS) is 18.2. The predicted molar refractivity (Wildman–Crippen MR) is 122 cm³/mol. The topological polar surface area (TPSA) is 27.7 Å². The monoisotopic (exact) mass is 454 g/mol. The van der Waals surface area contributed by atoms with Crippen molar-refractivity contribution in [3.05, 3.63) is 90.3 Å². The number of benzene rings is 3. The Labute approximate surface area is 191 Å². The summed E-state index contributed by atoms with van der Waals surface area (Å²) in [5, 5.41) is 0. The Morgan fingerprint density at radius 2 is 1.58 bits per heavy atom. The second-order valence-electron chi connectivity index (χ2n) is 7.92. The fourth-order valence-electron chi connectivity index (χ4n) is 3.94. The van der Waals surface area contributed by atoms with Crippen molar-refractivity contribution < 1.29 is 27.4 Å². The highest BCUT2D eigenvalue weighted by molar-refractivity contribution is 5.71. The Morgan fingerprint density at radius 1 is 0.909 bits per heavy atom. The van der Waals surface area contributed by atoms with Crippen molar-refractivity contribution in [1.82, 2.24) is 0 Å². The maximum atomic E-state index is 14.9. The minimum absolute atomic E-state index is 0.130. The van der Waals surface area contributed by atoms with E-state index < -0.39 is 11.6 Å². The van der Waals surface area contributed by atoms with Crippen LogP contribution in [0.1, 0.15) is 24.3 Å². The molecule has 3 nitrogen and oxygen atoms in total. The molecule has 0 bridgehead atoms. The van der Waals surface area contributed by atoms with Gasteiger partial charge >= 0.3 is 0 Å². The van der Waals surface area contributed by atoms with Gasteiger partial charge in [0.2, 0.25) is 5.82 Å². The van der Waals surface area contributed by atoms with Crippen LogP contribution in [0.4, 0.5) is 13.2 Å². The van der Waals surface area contributed by atoms with Crippen LogP contribution in [-0.2, 0) is 9.47 Å². The van der Waals surface area contributed by atoms with Crippen molar-refractivity contribution in [1.29, 1.82) is 0 Å². The van der Waals surface area contributed by atoms with Crippen LogP contribution < -0.4 is 4.74 Å². The van der Waals surface area contributed by atoms with E-state index in [4.69, 9.17) is 14.2 Å². The van der Waals surface area contributed by atoms with Gasteiger partial charge in [0.05, 0.1) is 20.3 Å². The minimum atomic E-state index is -1.03. The summed E-state index contributed by atoms with van der Waals surface area (Å²) in [6, 6.07) is 14.8. The highest BCUT2D eigenvalue weighted by Gasteiger charge is 2.25. The Bertz CT molecular complexity index is 1120. The highest BCUT2D eigenvalue weighted by Crippen LogP contribution is 2.33. The molecule has 6 heteroatoms. The van der Waals surface area contributed by atoms with Crippen LogP contribution >= 0.6 is 0 Å². The first-order valence-corrected chi connectivity index (χ1v) is 10.8. The van der Waals surface area contributed by atoms with E-state index in [0.717, 1.165) is 18.4 Å². The summed E-state index contributed by atoms with van der Waals surface area (Å²) in [4.78, 5) is 0. The van der Waals surface area contributed by atoms with E-state index in [-0.39, 0.29) is 29.3 Å². The van der Waals surface area contributed by atoms with Crippen molar-refractivity contribution in [2.24, 2.45) is 0 Å². The SMILES string of the molecule is C=CCCC1OCC(c2ccc(-c3ccc(-c4ccc(OC)c(F)c4F)cc3)cc2F)CO1. The lowest BCUT2D eigenvalue weighted by Crippen LogP contribution is -2.31. The van der Waals surface area contributed by atoms with Gasteiger partial charge in [0, 0.05) is 17.9 Å². The second kappa shape index (κ2) is 10.2. The molecule has 1 aliphatic heterocycles. The maximum absolute atomic E-state index is 14.9. The van der Waals surface area contributed by atoms with Crippen molar-refractivity contribution in [2.45, 2.75) is 25.0 Å². The lowest BCUT2D eigenvalue weighted by molar-refractivity contribution is -0.189. The minimum Gasteiger partial charge on any atom is -0.494 e. The number of hydrogen-bond donors (Lipinski definition) is 0.